The largest absolute Gasteiger partial charge is 0.359 e. The van der Waals surface area contributed by atoms with E-state index in [9.17, 15) is 4.79 Å². The molecule has 0 saturated carbocycles. The molecule has 0 radical (unpaired) electrons. The van der Waals surface area contributed by atoms with E-state index in [1.807, 2.05) is 49.6 Å². The molecular formula is C15H14N2O2S. The van der Waals surface area contributed by atoms with E-state index in [2.05, 4.69) is 5.16 Å². The summed E-state index contributed by atoms with van der Waals surface area (Å²) in [5.74, 6) is 0.692. The van der Waals surface area contributed by atoms with Crippen molar-refractivity contribution in [3.05, 3.63) is 62.4 Å². The smallest absolute Gasteiger partial charge is 0.307 e. The van der Waals surface area contributed by atoms with Gasteiger partial charge in [0.05, 0.1) is 17.9 Å². The topological polar surface area (TPSA) is 48.0 Å². The Labute approximate surface area is 120 Å². The van der Waals surface area contributed by atoms with Gasteiger partial charge in [-0.05, 0) is 19.4 Å². The maximum Gasteiger partial charge on any atom is 0.307 e. The van der Waals surface area contributed by atoms with Gasteiger partial charge in [-0.25, -0.2) is 0 Å². The van der Waals surface area contributed by atoms with Crippen molar-refractivity contribution >= 4 is 11.3 Å². The molecule has 0 aliphatic heterocycles. The van der Waals surface area contributed by atoms with Gasteiger partial charge in [-0.3, -0.25) is 9.36 Å². The molecule has 0 bridgehead atoms. The molecule has 20 heavy (non-hydrogen) atoms. The number of hydrogen-bond acceptors (Lipinski definition) is 4. The summed E-state index contributed by atoms with van der Waals surface area (Å²) in [6, 6.07) is 9.89. The molecule has 0 spiro atoms. The van der Waals surface area contributed by atoms with Crippen LogP contribution in [0.1, 0.15) is 17.0 Å². The molecule has 0 atom stereocenters. The SMILES string of the molecule is Cc1cc(Cn2c(-c3ccccc3C)csc2=O)on1. The predicted octanol–water partition coefficient (Wildman–Crippen LogP) is 3.23. The lowest BCUT2D eigenvalue weighted by Crippen LogP contribution is -2.15. The molecule has 3 rings (SSSR count). The summed E-state index contributed by atoms with van der Waals surface area (Å²) in [6.45, 7) is 4.32. The van der Waals surface area contributed by atoms with Crippen LogP contribution >= 0.6 is 11.3 Å². The maximum absolute atomic E-state index is 12.1. The molecule has 0 saturated heterocycles. The summed E-state index contributed by atoms with van der Waals surface area (Å²) in [6.07, 6.45) is 0. The molecule has 5 heteroatoms. The normalized spacial score (nSPS) is 10.9. The second-order valence-electron chi connectivity index (χ2n) is 4.72. The summed E-state index contributed by atoms with van der Waals surface area (Å²) in [7, 11) is 0. The molecule has 4 nitrogen and oxygen atoms in total. The lowest BCUT2D eigenvalue weighted by molar-refractivity contribution is 0.373. The van der Waals surface area contributed by atoms with Crippen molar-refractivity contribution in [2.24, 2.45) is 0 Å². The van der Waals surface area contributed by atoms with Crippen LogP contribution in [0.2, 0.25) is 0 Å². The first-order chi connectivity index (χ1) is 9.65. The van der Waals surface area contributed by atoms with Crippen LogP contribution in [0.3, 0.4) is 0 Å². The van der Waals surface area contributed by atoms with Crippen molar-refractivity contribution in [2.45, 2.75) is 20.4 Å². The first-order valence-electron chi connectivity index (χ1n) is 6.31. The number of thiazole rings is 1. The van der Waals surface area contributed by atoms with Gasteiger partial charge in [0.25, 0.3) is 0 Å². The lowest BCUT2D eigenvalue weighted by Gasteiger charge is -2.08. The second-order valence-corrected chi connectivity index (χ2v) is 5.54. The minimum absolute atomic E-state index is 0.0114. The Bertz CT molecular complexity index is 798. The standard InChI is InChI=1S/C15H14N2O2S/c1-10-5-3-4-6-13(10)14-9-20-15(18)17(14)8-12-7-11(2)16-19-12/h3-7,9H,8H2,1-2H3. The van der Waals surface area contributed by atoms with Crippen LogP contribution in [-0.4, -0.2) is 9.72 Å². The first kappa shape index (κ1) is 12.9. The van der Waals surface area contributed by atoms with E-state index in [1.54, 1.807) is 4.57 Å². The van der Waals surface area contributed by atoms with Crippen molar-refractivity contribution in [1.29, 1.82) is 0 Å². The highest BCUT2D eigenvalue weighted by molar-refractivity contribution is 7.07. The highest BCUT2D eigenvalue weighted by Crippen LogP contribution is 2.24. The summed E-state index contributed by atoms with van der Waals surface area (Å²) in [5.41, 5.74) is 3.96. The van der Waals surface area contributed by atoms with E-state index in [1.165, 1.54) is 11.3 Å². The van der Waals surface area contributed by atoms with E-state index < -0.39 is 0 Å². The zero-order chi connectivity index (χ0) is 14.1. The van der Waals surface area contributed by atoms with Gasteiger partial charge in [-0.2, -0.15) is 0 Å². The number of hydrogen-bond donors (Lipinski definition) is 0. The van der Waals surface area contributed by atoms with Gasteiger partial charge in [-0.15, -0.1) is 0 Å². The second kappa shape index (κ2) is 5.09. The number of rotatable bonds is 3. The highest BCUT2D eigenvalue weighted by atomic mass is 32.1. The number of nitrogens with zero attached hydrogens (tertiary/aromatic N) is 2. The first-order valence-corrected chi connectivity index (χ1v) is 7.19. The zero-order valence-electron chi connectivity index (χ0n) is 11.3. The molecule has 0 aliphatic carbocycles. The van der Waals surface area contributed by atoms with Gasteiger partial charge < -0.3 is 4.52 Å². The van der Waals surface area contributed by atoms with Crippen molar-refractivity contribution in [3.8, 4) is 11.3 Å². The summed E-state index contributed by atoms with van der Waals surface area (Å²) in [5, 5.41) is 5.76. The van der Waals surface area contributed by atoms with Gasteiger partial charge in [-0.1, -0.05) is 40.8 Å². The quantitative estimate of drug-likeness (QED) is 0.742. The molecular weight excluding hydrogens is 272 g/mol. The molecule has 2 aromatic heterocycles. The Morgan fingerprint density at radius 2 is 2.10 bits per heavy atom. The molecule has 0 fully saturated rings. The van der Waals surface area contributed by atoms with Gasteiger partial charge in [0.1, 0.15) is 0 Å². The van der Waals surface area contributed by atoms with Crippen LogP contribution in [0, 0.1) is 13.8 Å². The molecule has 1 aromatic carbocycles. The fourth-order valence-electron chi connectivity index (χ4n) is 2.20. The zero-order valence-corrected chi connectivity index (χ0v) is 12.1. The maximum atomic E-state index is 12.1. The third-order valence-electron chi connectivity index (χ3n) is 3.19. The van der Waals surface area contributed by atoms with Crippen LogP contribution < -0.4 is 4.87 Å². The van der Waals surface area contributed by atoms with E-state index >= 15 is 0 Å². The molecule has 102 valence electrons. The fraction of sp³-hybridized carbons (Fsp3) is 0.200. The van der Waals surface area contributed by atoms with Gasteiger partial charge in [0.2, 0.25) is 0 Å². The van der Waals surface area contributed by atoms with E-state index in [0.717, 1.165) is 22.5 Å². The summed E-state index contributed by atoms with van der Waals surface area (Å²) >= 11 is 1.21. The lowest BCUT2D eigenvalue weighted by atomic mass is 10.1. The minimum atomic E-state index is 0.0114. The Morgan fingerprint density at radius 3 is 2.80 bits per heavy atom. The number of benzene rings is 1. The van der Waals surface area contributed by atoms with E-state index in [0.29, 0.717) is 12.3 Å². The predicted molar refractivity (Wildman–Crippen MR) is 79.1 cm³/mol. The van der Waals surface area contributed by atoms with Crippen molar-refractivity contribution in [3.63, 3.8) is 0 Å². The van der Waals surface area contributed by atoms with Gasteiger partial charge in [0, 0.05) is 17.0 Å². The Kier molecular flexibility index (Phi) is 3.28. The molecule has 0 unspecified atom stereocenters. The van der Waals surface area contributed by atoms with Crippen LogP contribution in [0.4, 0.5) is 0 Å². The van der Waals surface area contributed by atoms with Crippen molar-refractivity contribution < 1.29 is 4.52 Å². The average Bonchev–Trinajstić information content (AvgIpc) is 2.99. The third kappa shape index (κ3) is 2.32. The molecule has 3 aromatic rings. The molecule has 2 heterocycles. The van der Waals surface area contributed by atoms with Gasteiger partial charge in [0.15, 0.2) is 5.76 Å². The van der Waals surface area contributed by atoms with Crippen LogP contribution in [0.25, 0.3) is 11.3 Å². The molecule has 0 aliphatic rings. The van der Waals surface area contributed by atoms with Crippen LogP contribution in [0.5, 0.6) is 0 Å². The number of aryl methyl sites for hydroxylation is 2. The minimum Gasteiger partial charge on any atom is -0.359 e. The monoisotopic (exact) mass is 286 g/mol. The summed E-state index contributed by atoms with van der Waals surface area (Å²) in [4.78, 5) is 12.1. The van der Waals surface area contributed by atoms with Crippen LogP contribution in [0.15, 0.2) is 45.0 Å². The average molecular weight is 286 g/mol. The Hall–Kier alpha value is -2.14. The van der Waals surface area contributed by atoms with Gasteiger partial charge >= 0.3 is 4.87 Å². The van der Waals surface area contributed by atoms with Crippen LogP contribution in [-0.2, 0) is 6.54 Å². The van der Waals surface area contributed by atoms with Crippen molar-refractivity contribution in [1.82, 2.24) is 9.72 Å². The van der Waals surface area contributed by atoms with Crippen molar-refractivity contribution in [2.75, 3.05) is 0 Å². The molecule has 0 N–H and O–H groups in total. The third-order valence-corrected chi connectivity index (χ3v) is 3.96. The number of aromatic nitrogens is 2. The fourth-order valence-corrected chi connectivity index (χ4v) is 2.95. The Balaban J connectivity index is 2.06. The van der Waals surface area contributed by atoms with E-state index in [4.69, 9.17) is 4.52 Å². The summed E-state index contributed by atoms with van der Waals surface area (Å²) < 4.78 is 6.94. The van der Waals surface area contributed by atoms with E-state index in [-0.39, 0.29) is 4.87 Å². The molecule has 0 amide bonds. The Morgan fingerprint density at radius 1 is 1.30 bits per heavy atom. The highest BCUT2D eigenvalue weighted by Gasteiger charge is 2.13.